The summed E-state index contributed by atoms with van der Waals surface area (Å²) in [5, 5.41) is 2.99. The molecule has 0 radical (unpaired) electrons. The van der Waals surface area contributed by atoms with Crippen LogP contribution >= 0.6 is 0 Å². The fraction of sp³-hybridized carbons (Fsp3) is 0.211. The van der Waals surface area contributed by atoms with E-state index >= 15 is 0 Å². The molecule has 0 fully saturated rings. The largest absolute Gasteiger partial charge is 0.322 e. The zero-order valence-corrected chi connectivity index (χ0v) is 12.9. The number of aryl methyl sites for hydroxylation is 4. The highest BCUT2D eigenvalue weighted by atomic mass is 16.1. The molecule has 1 amide bonds. The highest BCUT2D eigenvalue weighted by molar-refractivity contribution is 6.05. The Kier molecular flexibility index (Phi) is 4.14. The molecule has 0 aromatic heterocycles. The van der Waals surface area contributed by atoms with E-state index in [1.807, 2.05) is 52.0 Å². The lowest BCUT2D eigenvalue weighted by Gasteiger charge is -2.13. The molecule has 0 bridgehead atoms. The Hall–Kier alpha value is -2.53. The average Bonchev–Trinajstić information content (AvgIpc) is 2.41. The lowest BCUT2D eigenvalue weighted by molar-refractivity contribution is 0.102. The van der Waals surface area contributed by atoms with E-state index in [1.54, 1.807) is 0 Å². The molecule has 0 atom stereocenters. The highest BCUT2D eigenvalue weighted by Crippen LogP contribution is 2.23. The number of carbonyl (C=O) groups is 1. The number of anilines is 1. The first-order chi connectivity index (χ1) is 9.90. The molecule has 0 heterocycles. The molecule has 0 saturated carbocycles. The Labute approximate surface area is 126 Å². The summed E-state index contributed by atoms with van der Waals surface area (Å²) in [4.78, 5) is 12.4. The van der Waals surface area contributed by atoms with Crippen LogP contribution in [-0.2, 0) is 0 Å². The van der Waals surface area contributed by atoms with Crippen LogP contribution in [0.3, 0.4) is 0 Å². The number of nitrogens with one attached hydrogen (secondary N) is 1. The molecular formula is C19H19NO. The number of rotatable bonds is 2. The molecule has 2 aromatic rings. The van der Waals surface area contributed by atoms with Crippen molar-refractivity contribution in [1.82, 2.24) is 0 Å². The first-order valence-corrected chi connectivity index (χ1v) is 6.88. The van der Waals surface area contributed by atoms with Crippen molar-refractivity contribution >= 4 is 11.6 Å². The molecule has 2 rings (SSSR count). The number of amides is 1. The molecule has 0 aliphatic heterocycles. The predicted molar refractivity (Wildman–Crippen MR) is 87.7 cm³/mol. The topological polar surface area (TPSA) is 29.1 Å². The summed E-state index contributed by atoms with van der Waals surface area (Å²) in [6.45, 7) is 7.87. The van der Waals surface area contributed by atoms with Gasteiger partial charge in [0, 0.05) is 16.8 Å². The monoisotopic (exact) mass is 277 g/mol. The van der Waals surface area contributed by atoms with Crippen LogP contribution in [0.1, 0.15) is 38.2 Å². The minimum Gasteiger partial charge on any atom is -0.322 e. The summed E-state index contributed by atoms with van der Waals surface area (Å²) in [5.74, 6) is 2.53. The maximum Gasteiger partial charge on any atom is 0.255 e. The standard InChI is InChI=1S/C19H19NO/c1-6-16-10-14(4)18(15(5)11-16)20-19(21)17-8-12(2)7-13(3)9-17/h1,7-11H,2-5H3,(H,20,21). The van der Waals surface area contributed by atoms with E-state index in [1.165, 1.54) is 0 Å². The molecule has 21 heavy (non-hydrogen) atoms. The van der Waals surface area contributed by atoms with Crippen molar-refractivity contribution in [2.45, 2.75) is 27.7 Å². The molecule has 0 saturated heterocycles. The first-order valence-electron chi connectivity index (χ1n) is 6.88. The minimum atomic E-state index is -0.0959. The highest BCUT2D eigenvalue weighted by Gasteiger charge is 2.11. The Morgan fingerprint density at radius 2 is 1.48 bits per heavy atom. The molecule has 0 aliphatic carbocycles. The lowest BCUT2D eigenvalue weighted by atomic mass is 10.0. The summed E-state index contributed by atoms with van der Waals surface area (Å²) in [6.07, 6.45) is 5.43. The van der Waals surface area contributed by atoms with Gasteiger partial charge in [-0.2, -0.15) is 0 Å². The van der Waals surface area contributed by atoms with Gasteiger partial charge >= 0.3 is 0 Å². The summed E-state index contributed by atoms with van der Waals surface area (Å²) < 4.78 is 0. The summed E-state index contributed by atoms with van der Waals surface area (Å²) in [6, 6.07) is 9.65. The van der Waals surface area contributed by atoms with Gasteiger partial charge in [0.1, 0.15) is 0 Å². The Morgan fingerprint density at radius 1 is 0.952 bits per heavy atom. The van der Waals surface area contributed by atoms with Gasteiger partial charge in [-0.3, -0.25) is 4.79 Å². The van der Waals surface area contributed by atoms with Crippen molar-refractivity contribution in [2.24, 2.45) is 0 Å². The summed E-state index contributed by atoms with van der Waals surface area (Å²) in [7, 11) is 0. The molecule has 106 valence electrons. The van der Waals surface area contributed by atoms with E-state index < -0.39 is 0 Å². The molecule has 2 heteroatoms. The van der Waals surface area contributed by atoms with Crippen molar-refractivity contribution in [2.75, 3.05) is 5.32 Å². The summed E-state index contributed by atoms with van der Waals surface area (Å²) >= 11 is 0. The number of benzene rings is 2. The Balaban J connectivity index is 2.34. The van der Waals surface area contributed by atoms with Gasteiger partial charge in [-0.25, -0.2) is 0 Å². The second-order valence-electron chi connectivity index (χ2n) is 5.46. The van der Waals surface area contributed by atoms with Crippen molar-refractivity contribution < 1.29 is 4.79 Å². The maximum absolute atomic E-state index is 12.4. The fourth-order valence-electron chi connectivity index (χ4n) is 2.54. The van der Waals surface area contributed by atoms with Crippen molar-refractivity contribution in [1.29, 1.82) is 0 Å². The Morgan fingerprint density at radius 3 is 1.95 bits per heavy atom. The van der Waals surface area contributed by atoms with Crippen LogP contribution < -0.4 is 5.32 Å². The van der Waals surface area contributed by atoms with Gasteiger partial charge in [-0.05, 0) is 63.1 Å². The third kappa shape index (κ3) is 3.32. The molecule has 0 unspecified atom stereocenters. The van der Waals surface area contributed by atoms with Gasteiger partial charge in [0.2, 0.25) is 0 Å². The minimum absolute atomic E-state index is 0.0959. The SMILES string of the molecule is C#Cc1cc(C)c(NC(=O)c2cc(C)cc(C)c2)c(C)c1. The van der Waals surface area contributed by atoms with Crippen LogP contribution in [0.15, 0.2) is 30.3 Å². The smallest absolute Gasteiger partial charge is 0.255 e. The van der Waals surface area contributed by atoms with E-state index in [0.717, 1.165) is 33.5 Å². The summed E-state index contributed by atoms with van der Waals surface area (Å²) in [5.41, 5.74) is 6.44. The fourth-order valence-corrected chi connectivity index (χ4v) is 2.54. The third-order valence-corrected chi connectivity index (χ3v) is 3.42. The van der Waals surface area contributed by atoms with Crippen molar-refractivity contribution in [3.63, 3.8) is 0 Å². The van der Waals surface area contributed by atoms with Crippen LogP contribution in [0.5, 0.6) is 0 Å². The van der Waals surface area contributed by atoms with E-state index in [4.69, 9.17) is 6.42 Å². The third-order valence-electron chi connectivity index (χ3n) is 3.42. The van der Waals surface area contributed by atoms with E-state index in [0.29, 0.717) is 5.56 Å². The van der Waals surface area contributed by atoms with E-state index in [2.05, 4.69) is 17.3 Å². The van der Waals surface area contributed by atoms with Crippen LogP contribution in [0.25, 0.3) is 0 Å². The molecular weight excluding hydrogens is 258 g/mol. The van der Waals surface area contributed by atoms with Crippen molar-refractivity contribution in [3.05, 3.63) is 63.7 Å². The van der Waals surface area contributed by atoms with Gasteiger partial charge in [0.15, 0.2) is 0 Å². The van der Waals surface area contributed by atoms with E-state index in [9.17, 15) is 4.79 Å². The number of carbonyl (C=O) groups excluding carboxylic acids is 1. The lowest BCUT2D eigenvalue weighted by Crippen LogP contribution is -2.14. The molecule has 2 aromatic carbocycles. The van der Waals surface area contributed by atoms with Crippen LogP contribution in [0, 0.1) is 40.0 Å². The van der Waals surface area contributed by atoms with Crippen molar-refractivity contribution in [3.8, 4) is 12.3 Å². The van der Waals surface area contributed by atoms with E-state index in [-0.39, 0.29) is 5.91 Å². The average molecular weight is 277 g/mol. The zero-order valence-electron chi connectivity index (χ0n) is 12.9. The van der Waals surface area contributed by atoms with Gasteiger partial charge in [0.05, 0.1) is 0 Å². The molecule has 2 nitrogen and oxygen atoms in total. The quantitative estimate of drug-likeness (QED) is 0.821. The normalized spacial score (nSPS) is 10.0. The number of hydrogen-bond acceptors (Lipinski definition) is 1. The molecule has 1 N–H and O–H groups in total. The first kappa shape index (κ1) is 14.9. The zero-order chi connectivity index (χ0) is 15.6. The van der Waals surface area contributed by atoms with Gasteiger partial charge in [0.25, 0.3) is 5.91 Å². The Bertz CT molecular complexity index is 707. The second-order valence-corrected chi connectivity index (χ2v) is 5.46. The number of hydrogen-bond donors (Lipinski definition) is 1. The van der Waals surface area contributed by atoms with Gasteiger partial charge in [-0.15, -0.1) is 6.42 Å². The van der Waals surface area contributed by atoms with Gasteiger partial charge in [-0.1, -0.05) is 23.1 Å². The number of terminal acetylenes is 1. The van der Waals surface area contributed by atoms with Crippen LogP contribution in [0.4, 0.5) is 5.69 Å². The van der Waals surface area contributed by atoms with Gasteiger partial charge < -0.3 is 5.32 Å². The van der Waals surface area contributed by atoms with Crippen LogP contribution in [0.2, 0.25) is 0 Å². The van der Waals surface area contributed by atoms with Crippen LogP contribution in [-0.4, -0.2) is 5.91 Å². The molecule has 0 aliphatic rings. The molecule has 0 spiro atoms. The maximum atomic E-state index is 12.4. The second kappa shape index (κ2) is 5.85. The predicted octanol–water partition coefficient (Wildman–Crippen LogP) is 4.15.